The molecule has 3 unspecified atom stereocenters. The SMILES string of the molecule is O=C(CC1NC2CCCCC2NC1=O)Nc1cccc(OC(F)(F)F)c1. The molecule has 0 radical (unpaired) electrons. The minimum Gasteiger partial charge on any atom is -0.406 e. The summed E-state index contributed by atoms with van der Waals surface area (Å²) in [5, 5.41) is 8.67. The second-order valence-electron chi connectivity index (χ2n) is 6.55. The molecule has 1 heterocycles. The van der Waals surface area contributed by atoms with Crippen molar-refractivity contribution in [3.05, 3.63) is 24.3 Å². The number of piperazine rings is 1. The van der Waals surface area contributed by atoms with Crippen LogP contribution in [0.4, 0.5) is 18.9 Å². The summed E-state index contributed by atoms with van der Waals surface area (Å²) in [5.74, 6) is -1.11. The maximum atomic E-state index is 12.3. The minimum atomic E-state index is -4.80. The molecule has 2 aliphatic rings. The molecular formula is C17H20F3N3O3. The summed E-state index contributed by atoms with van der Waals surface area (Å²) in [4.78, 5) is 24.3. The number of amides is 2. The van der Waals surface area contributed by atoms with Gasteiger partial charge in [-0.3, -0.25) is 9.59 Å². The molecule has 2 amide bonds. The smallest absolute Gasteiger partial charge is 0.406 e. The number of hydrogen-bond donors (Lipinski definition) is 3. The zero-order chi connectivity index (χ0) is 18.7. The zero-order valence-corrected chi connectivity index (χ0v) is 13.9. The summed E-state index contributed by atoms with van der Waals surface area (Å²) in [7, 11) is 0. The third-order valence-electron chi connectivity index (χ3n) is 4.57. The average molecular weight is 371 g/mol. The van der Waals surface area contributed by atoms with Crippen molar-refractivity contribution < 1.29 is 27.5 Å². The van der Waals surface area contributed by atoms with Crippen LogP contribution in [0.25, 0.3) is 0 Å². The second-order valence-corrected chi connectivity index (χ2v) is 6.55. The summed E-state index contributed by atoms with van der Waals surface area (Å²) >= 11 is 0. The van der Waals surface area contributed by atoms with E-state index < -0.39 is 24.1 Å². The van der Waals surface area contributed by atoms with Crippen LogP contribution in [0.5, 0.6) is 5.75 Å². The predicted molar refractivity (Wildman–Crippen MR) is 87.5 cm³/mol. The van der Waals surface area contributed by atoms with Crippen molar-refractivity contribution in [3.8, 4) is 5.75 Å². The van der Waals surface area contributed by atoms with Crippen molar-refractivity contribution in [2.45, 2.75) is 56.6 Å². The number of alkyl halides is 3. The summed E-state index contributed by atoms with van der Waals surface area (Å²) < 4.78 is 40.6. The van der Waals surface area contributed by atoms with Crippen LogP contribution in [0.15, 0.2) is 24.3 Å². The van der Waals surface area contributed by atoms with Crippen LogP contribution in [0.2, 0.25) is 0 Å². The Balaban J connectivity index is 1.57. The van der Waals surface area contributed by atoms with Gasteiger partial charge in [-0.25, -0.2) is 0 Å². The molecule has 26 heavy (non-hydrogen) atoms. The first-order valence-electron chi connectivity index (χ1n) is 8.52. The van der Waals surface area contributed by atoms with Gasteiger partial charge in [-0.15, -0.1) is 13.2 Å². The highest BCUT2D eigenvalue weighted by atomic mass is 19.4. The van der Waals surface area contributed by atoms with E-state index in [0.29, 0.717) is 0 Å². The number of nitrogens with one attached hydrogen (secondary N) is 3. The van der Waals surface area contributed by atoms with Crippen molar-refractivity contribution >= 4 is 17.5 Å². The Morgan fingerprint density at radius 3 is 2.69 bits per heavy atom. The van der Waals surface area contributed by atoms with E-state index in [0.717, 1.165) is 37.8 Å². The topological polar surface area (TPSA) is 79.5 Å². The predicted octanol–water partition coefficient (Wildman–Crippen LogP) is 2.31. The van der Waals surface area contributed by atoms with Crippen molar-refractivity contribution in [1.29, 1.82) is 0 Å². The number of hydrogen-bond acceptors (Lipinski definition) is 4. The van der Waals surface area contributed by atoms with Gasteiger partial charge < -0.3 is 20.7 Å². The third-order valence-corrected chi connectivity index (χ3v) is 4.57. The highest BCUT2D eigenvalue weighted by Gasteiger charge is 2.37. The van der Waals surface area contributed by atoms with Crippen LogP contribution >= 0.6 is 0 Å². The van der Waals surface area contributed by atoms with E-state index in [1.165, 1.54) is 12.1 Å². The second kappa shape index (κ2) is 7.53. The first-order chi connectivity index (χ1) is 12.3. The number of rotatable bonds is 4. The lowest BCUT2D eigenvalue weighted by molar-refractivity contribution is -0.274. The lowest BCUT2D eigenvalue weighted by Gasteiger charge is -2.40. The van der Waals surface area contributed by atoms with E-state index in [9.17, 15) is 22.8 Å². The summed E-state index contributed by atoms with van der Waals surface area (Å²) in [6.07, 6.45) is -0.879. The molecule has 0 aromatic heterocycles. The Hall–Kier alpha value is -2.29. The van der Waals surface area contributed by atoms with E-state index in [-0.39, 0.29) is 30.1 Å². The monoisotopic (exact) mass is 371 g/mol. The molecule has 3 rings (SSSR count). The van der Waals surface area contributed by atoms with Gasteiger partial charge in [0, 0.05) is 23.8 Å². The molecule has 1 aromatic carbocycles. The summed E-state index contributed by atoms with van der Waals surface area (Å²) in [6, 6.07) is 4.62. The molecule has 2 fully saturated rings. The molecule has 1 aliphatic carbocycles. The van der Waals surface area contributed by atoms with E-state index in [2.05, 4.69) is 20.7 Å². The summed E-state index contributed by atoms with van der Waals surface area (Å²) in [5.41, 5.74) is 0.170. The molecule has 0 bridgehead atoms. The molecule has 1 aromatic rings. The maximum absolute atomic E-state index is 12.3. The quantitative estimate of drug-likeness (QED) is 0.759. The van der Waals surface area contributed by atoms with Crippen LogP contribution in [-0.4, -0.2) is 36.3 Å². The molecule has 1 aliphatic heterocycles. The molecule has 1 saturated carbocycles. The fourth-order valence-electron chi connectivity index (χ4n) is 3.44. The zero-order valence-electron chi connectivity index (χ0n) is 13.9. The van der Waals surface area contributed by atoms with E-state index >= 15 is 0 Å². The Morgan fingerprint density at radius 1 is 1.23 bits per heavy atom. The van der Waals surface area contributed by atoms with Crippen LogP contribution in [-0.2, 0) is 9.59 Å². The van der Waals surface area contributed by atoms with Crippen LogP contribution in [0.1, 0.15) is 32.1 Å². The number of anilines is 1. The van der Waals surface area contributed by atoms with Gasteiger partial charge in [0.25, 0.3) is 0 Å². The van der Waals surface area contributed by atoms with Gasteiger partial charge in [0.2, 0.25) is 11.8 Å². The largest absolute Gasteiger partial charge is 0.573 e. The van der Waals surface area contributed by atoms with Crippen molar-refractivity contribution in [2.75, 3.05) is 5.32 Å². The number of halogens is 3. The van der Waals surface area contributed by atoms with Crippen LogP contribution in [0, 0.1) is 0 Å². The van der Waals surface area contributed by atoms with Gasteiger partial charge in [0.1, 0.15) is 5.75 Å². The number of benzene rings is 1. The van der Waals surface area contributed by atoms with E-state index in [1.54, 1.807) is 0 Å². The first-order valence-corrected chi connectivity index (χ1v) is 8.52. The molecular weight excluding hydrogens is 351 g/mol. The highest BCUT2D eigenvalue weighted by Crippen LogP contribution is 2.25. The lowest BCUT2D eigenvalue weighted by Crippen LogP contribution is -2.65. The number of carbonyl (C=O) groups excluding carboxylic acids is 2. The van der Waals surface area contributed by atoms with Gasteiger partial charge in [-0.1, -0.05) is 18.9 Å². The fourth-order valence-corrected chi connectivity index (χ4v) is 3.44. The molecule has 142 valence electrons. The molecule has 3 atom stereocenters. The van der Waals surface area contributed by atoms with Crippen molar-refractivity contribution in [3.63, 3.8) is 0 Å². The highest BCUT2D eigenvalue weighted by molar-refractivity contribution is 5.95. The molecule has 0 spiro atoms. The number of fused-ring (bicyclic) bond motifs is 1. The minimum absolute atomic E-state index is 0.0978. The van der Waals surface area contributed by atoms with Gasteiger partial charge in [-0.2, -0.15) is 0 Å². The normalized spacial score (nSPS) is 25.8. The average Bonchev–Trinajstić information content (AvgIpc) is 2.54. The Morgan fingerprint density at radius 2 is 1.96 bits per heavy atom. The number of carbonyl (C=O) groups is 2. The Kier molecular flexibility index (Phi) is 5.36. The molecule has 1 saturated heterocycles. The number of ether oxygens (including phenoxy) is 1. The standard InChI is InChI=1S/C17H20F3N3O3/c18-17(19,20)26-11-5-3-4-10(8-11)21-15(24)9-14-16(25)23-13-7-2-1-6-12(13)22-14/h3-5,8,12-14,22H,1-2,6-7,9H2,(H,21,24)(H,23,25). The summed E-state index contributed by atoms with van der Waals surface area (Å²) in [6.45, 7) is 0. The molecule has 6 nitrogen and oxygen atoms in total. The Labute approximate surface area is 148 Å². The van der Waals surface area contributed by atoms with Gasteiger partial charge in [0.05, 0.1) is 12.5 Å². The third kappa shape index (κ3) is 4.87. The van der Waals surface area contributed by atoms with Crippen molar-refractivity contribution in [2.24, 2.45) is 0 Å². The van der Waals surface area contributed by atoms with Crippen LogP contribution in [0.3, 0.4) is 0 Å². The fraction of sp³-hybridized carbons (Fsp3) is 0.529. The Bertz CT molecular complexity index is 681. The molecule has 3 N–H and O–H groups in total. The first kappa shape index (κ1) is 18.5. The van der Waals surface area contributed by atoms with Gasteiger partial charge in [0.15, 0.2) is 0 Å². The van der Waals surface area contributed by atoms with Crippen LogP contribution < -0.4 is 20.7 Å². The maximum Gasteiger partial charge on any atom is 0.573 e. The van der Waals surface area contributed by atoms with Gasteiger partial charge >= 0.3 is 6.36 Å². The lowest BCUT2D eigenvalue weighted by atomic mass is 9.87. The van der Waals surface area contributed by atoms with E-state index in [4.69, 9.17) is 0 Å². The van der Waals surface area contributed by atoms with Gasteiger partial charge in [-0.05, 0) is 25.0 Å². The van der Waals surface area contributed by atoms with E-state index in [1.807, 2.05) is 0 Å². The molecule has 9 heteroatoms. The van der Waals surface area contributed by atoms with Crippen molar-refractivity contribution in [1.82, 2.24) is 10.6 Å².